The molecule has 0 aliphatic heterocycles. The van der Waals surface area contributed by atoms with E-state index >= 15 is 0 Å². The van der Waals surface area contributed by atoms with E-state index in [1.54, 1.807) is 12.1 Å². The maximum atomic E-state index is 10.9. The number of hydrogen-bond acceptors (Lipinski definition) is 4. The first-order valence-electron chi connectivity index (χ1n) is 6.72. The fourth-order valence-electron chi connectivity index (χ4n) is 2.12. The molecule has 106 valence electrons. The summed E-state index contributed by atoms with van der Waals surface area (Å²) in [5, 5.41) is 14.0. The molecular formula is C14H23N3O2. The Morgan fingerprint density at radius 2 is 2.11 bits per heavy atom. The van der Waals surface area contributed by atoms with Crippen molar-refractivity contribution < 1.29 is 4.92 Å². The molecule has 0 saturated carbocycles. The highest BCUT2D eigenvalue weighted by molar-refractivity contribution is 5.55. The predicted octanol–water partition coefficient (Wildman–Crippen LogP) is 3.26. The molecular weight excluding hydrogens is 242 g/mol. The number of anilines is 1. The molecule has 0 amide bonds. The molecule has 0 aliphatic rings. The van der Waals surface area contributed by atoms with Crippen molar-refractivity contribution in [1.29, 1.82) is 0 Å². The minimum atomic E-state index is -0.345. The monoisotopic (exact) mass is 265 g/mol. The van der Waals surface area contributed by atoms with Crippen LogP contribution in [0, 0.1) is 10.1 Å². The van der Waals surface area contributed by atoms with E-state index in [1.165, 1.54) is 6.07 Å². The topological polar surface area (TPSA) is 58.4 Å². The molecule has 5 heteroatoms. The third kappa shape index (κ3) is 3.92. The summed E-state index contributed by atoms with van der Waals surface area (Å²) in [7, 11) is 1.84. The second kappa shape index (κ2) is 7.09. The highest BCUT2D eigenvalue weighted by Crippen LogP contribution is 2.24. The molecule has 0 aromatic heterocycles. The summed E-state index contributed by atoms with van der Waals surface area (Å²) < 4.78 is 0. The molecule has 1 unspecified atom stereocenters. The highest BCUT2D eigenvalue weighted by atomic mass is 16.6. The van der Waals surface area contributed by atoms with Crippen LogP contribution in [0.5, 0.6) is 0 Å². The molecule has 1 N–H and O–H groups in total. The van der Waals surface area contributed by atoms with Crippen LogP contribution in [0.1, 0.15) is 32.8 Å². The van der Waals surface area contributed by atoms with E-state index in [0.29, 0.717) is 6.04 Å². The second-order valence-electron chi connectivity index (χ2n) is 4.67. The highest BCUT2D eigenvalue weighted by Gasteiger charge is 2.15. The number of nitrogens with zero attached hydrogens (tertiary/aromatic N) is 2. The van der Waals surface area contributed by atoms with Crippen LogP contribution < -0.4 is 5.32 Å². The molecule has 5 nitrogen and oxygen atoms in total. The zero-order valence-electron chi connectivity index (χ0n) is 12.1. The third-order valence-corrected chi connectivity index (χ3v) is 3.56. The lowest BCUT2D eigenvalue weighted by molar-refractivity contribution is -0.384. The van der Waals surface area contributed by atoms with Gasteiger partial charge in [0.15, 0.2) is 0 Å². The molecule has 1 rings (SSSR count). The van der Waals surface area contributed by atoms with E-state index in [1.807, 2.05) is 7.05 Å². The predicted molar refractivity (Wildman–Crippen MR) is 78.5 cm³/mol. The standard InChI is InChI=1S/C14H23N3O2/c1-5-11(3)16(6-2)10-12-9-13(17(18)19)7-8-14(12)15-4/h7-9,11,15H,5-6,10H2,1-4H3. The first kappa shape index (κ1) is 15.4. The van der Waals surface area contributed by atoms with Gasteiger partial charge in [0.1, 0.15) is 0 Å². The van der Waals surface area contributed by atoms with Gasteiger partial charge in [-0.05, 0) is 31.5 Å². The van der Waals surface area contributed by atoms with Gasteiger partial charge in [-0.25, -0.2) is 0 Å². The lowest BCUT2D eigenvalue weighted by Gasteiger charge is -2.27. The van der Waals surface area contributed by atoms with Crippen LogP contribution in [0.4, 0.5) is 11.4 Å². The molecule has 0 saturated heterocycles. The summed E-state index contributed by atoms with van der Waals surface area (Å²) >= 11 is 0. The second-order valence-corrected chi connectivity index (χ2v) is 4.67. The van der Waals surface area contributed by atoms with Crippen LogP contribution in [0.25, 0.3) is 0 Å². The Kier molecular flexibility index (Phi) is 5.76. The largest absolute Gasteiger partial charge is 0.388 e. The SMILES string of the molecule is CCC(C)N(CC)Cc1cc([N+](=O)[O-])ccc1NC. The van der Waals surface area contributed by atoms with Gasteiger partial charge in [-0.2, -0.15) is 0 Å². The van der Waals surface area contributed by atoms with Crippen LogP contribution in [0.2, 0.25) is 0 Å². The minimum Gasteiger partial charge on any atom is -0.388 e. The van der Waals surface area contributed by atoms with E-state index in [2.05, 4.69) is 31.0 Å². The van der Waals surface area contributed by atoms with Crippen molar-refractivity contribution in [3.63, 3.8) is 0 Å². The van der Waals surface area contributed by atoms with Crippen LogP contribution in [0.3, 0.4) is 0 Å². The van der Waals surface area contributed by atoms with E-state index in [0.717, 1.165) is 30.8 Å². The Labute approximate surface area is 114 Å². The maximum absolute atomic E-state index is 10.9. The molecule has 1 aromatic carbocycles. The lowest BCUT2D eigenvalue weighted by Crippen LogP contribution is -2.32. The maximum Gasteiger partial charge on any atom is 0.269 e. The Morgan fingerprint density at radius 3 is 2.58 bits per heavy atom. The van der Waals surface area contributed by atoms with Crippen molar-refractivity contribution in [2.45, 2.75) is 39.8 Å². The quantitative estimate of drug-likeness (QED) is 0.607. The molecule has 1 atom stereocenters. The summed E-state index contributed by atoms with van der Waals surface area (Å²) in [5.74, 6) is 0. The molecule has 0 radical (unpaired) electrons. The molecule has 1 aromatic rings. The van der Waals surface area contributed by atoms with Gasteiger partial charge in [0, 0.05) is 37.5 Å². The first-order chi connectivity index (χ1) is 9.03. The molecule has 0 fully saturated rings. The number of nitro benzene ring substituents is 1. The van der Waals surface area contributed by atoms with Crippen molar-refractivity contribution >= 4 is 11.4 Å². The van der Waals surface area contributed by atoms with Gasteiger partial charge in [0.25, 0.3) is 5.69 Å². The van der Waals surface area contributed by atoms with Crippen LogP contribution >= 0.6 is 0 Å². The molecule has 0 bridgehead atoms. The van der Waals surface area contributed by atoms with Gasteiger partial charge >= 0.3 is 0 Å². The summed E-state index contributed by atoms with van der Waals surface area (Å²) in [6.07, 6.45) is 1.07. The molecule has 0 aliphatic carbocycles. The summed E-state index contributed by atoms with van der Waals surface area (Å²) in [6, 6.07) is 5.44. The zero-order valence-corrected chi connectivity index (χ0v) is 12.1. The van der Waals surface area contributed by atoms with Gasteiger partial charge in [0.05, 0.1) is 4.92 Å². The van der Waals surface area contributed by atoms with E-state index in [9.17, 15) is 10.1 Å². The van der Waals surface area contributed by atoms with E-state index in [-0.39, 0.29) is 10.6 Å². The van der Waals surface area contributed by atoms with Crippen molar-refractivity contribution in [1.82, 2.24) is 4.90 Å². The Hall–Kier alpha value is -1.62. The third-order valence-electron chi connectivity index (χ3n) is 3.56. The Morgan fingerprint density at radius 1 is 1.42 bits per heavy atom. The number of hydrogen-bond donors (Lipinski definition) is 1. The lowest BCUT2D eigenvalue weighted by atomic mass is 10.1. The van der Waals surface area contributed by atoms with E-state index in [4.69, 9.17) is 0 Å². The van der Waals surface area contributed by atoms with Crippen molar-refractivity contribution in [2.24, 2.45) is 0 Å². The number of rotatable bonds is 7. The van der Waals surface area contributed by atoms with Gasteiger partial charge < -0.3 is 5.32 Å². The molecule has 0 spiro atoms. The summed E-state index contributed by atoms with van der Waals surface area (Å²) in [6.45, 7) is 8.10. The average molecular weight is 265 g/mol. The summed E-state index contributed by atoms with van der Waals surface area (Å²) in [5.41, 5.74) is 2.07. The van der Waals surface area contributed by atoms with Crippen LogP contribution in [0.15, 0.2) is 18.2 Å². The smallest absolute Gasteiger partial charge is 0.269 e. The van der Waals surface area contributed by atoms with Crippen LogP contribution in [-0.2, 0) is 6.54 Å². The number of benzene rings is 1. The van der Waals surface area contributed by atoms with Gasteiger partial charge in [-0.15, -0.1) is 0 Å². The fraction of sp³-hybridized carbons (Fsp3) is 0.571. The van der Waals surface area contributed by atoms with Crippen LogP contribution in [-0.4, -0.2) is 29.5 Å². The summed E-state index contributed by atoms with van der Waals surface area (Å²) in [4.78, 5) is 12.8. The molecule has 19 heavy (non-hydrogen) atoms. The normalized spacial score (nSPS) is 12.5. The van der Waals surface area contributed by atoms with Gasteiger partial charge in [-0.3, -0.25) is 15.0 Å². The Bertz CT molecular complexity index is 435. The minimum absolute atomic E-state index is 0.147. The first-order valence-corrected chi connectivity index (χ1v) is 6.72. The molecule has 0 heterocycles. The average Bonchev–Trinajstić information content (AvgIpc) is 2.43. The fourth-order valence-corrected chi connectivity index (χ4v) is 2.12. The number of nitro groups is 1. The van der Waals surface area contributed by atoms with Gasteiger partial charge in [0.2, 0.25) is 0 Å². The van der Waals surface area contributed by atoms with Crippen molar-refractivity contribution in [2.75, 3.05) is 18.9 Å². The van der Waals surface area contributed by atoms with Crippen molar-refractivity contribution in [3.05, 3.63) is 33.9 Å². The Balaban J connectivity index is 3.02. The van der Waals surface area contributed by atoms with Crippen molar-refractivity contribution in [3.8, 4) is 0 Å². The number of nitrogens with one attached hydrogen (secondary N) is 1. The zero-order chi connectivity index (χ0) is 14.4. The van der Waals surface area contributed by atoms with Gasteiger partial charge in [-0.1, -0.05) is 13.8 Å². The van der Waals surface area contributed by atoms with E-state index < -0.39 is 0 Å². The number of non-ortho nitro benzene ring substituents is 1.